The third-order valence-electron chi connectivity index (χ3n) is 3.58. The molecule has 1 aliphatic heterocycles. The van der Waals surface area contributed by atoms with Gasteiger partial charge in [-0.25, -0.2) is 8.42 Å². The van der Waals surface area contributed by atoms with E-state index < -0.39 is 10.0 Å². The van der Waals surface area contributed by atoms with Crippen molar-refractivity contribution in [1.82, 2.24) is 0 Å². The molecule has 0 spiro atoms. The van der Waals surface area contributed by atoms with Crippen LogP contribution in [0.25, 0.3) is 0 Å². The number of benzene rings is 2. The maximum Gasteiger partial charge on any atom is 0.261 e. The second kappa shape index (κ2) is 6.66. The van der Waals surface area contributed by atoms with Crippen molar-refractivity contribution in [3.8, 4) is 0 Å². The Kier molecular flexibility index (Phi) is 4.76. The molecule has 3 rings (SSSR count). The fourth-order valence-corrected chi connectivity index (χ4v) is 4.74. The Balaban J connectivity index is 1.91. The lowest BCUT2D eigenvalue weighted by molar-refractivity contribution is -0.116. The number of hydrogen-bond acceptors (Lipinski definition) is 4. The highest BCUT2D eigenvalue weighted by Crippen LogP contribution is 2.36. The standard InChI is InChI=1S/C16H15ClN2O3S2/c1-11(20)19-8-9-23-16-10-14(6-7-15(16)19)24(21,22)18-13-4-2-12(17)3-5-13/h2-7,10,18H,8-9H2,1H3. The van der Waals surface area contributed by atoms with Gasteiger partial charge in [-0.1, -0.05) is 11.6 Å². The predicted molar refractivity (Wildman–Crippen MR) is 97.5 cm³/mol. The van der Waals surface area contributed by atoms with E-state index in [9.17, 15) is 13.2 Å². The number of thioether (sulfide) groups is 1. The van der Waals surface area contributed by atoms with Gasteiger partial charge >= 0.3 is 0 Å². The number of fused-ring (bicyclic) bond motifs is 1. The number of anilines is 2. The molecule has 2 aromatic rings. The van der Waals surface area contributed by atoms with Crippen molar-refractivity contribution in [3.05, 3.63) is 47.5 Å². The minimum absolute atomic E-state index is 0.0496. The van der Waals surface area contributed by atoms with Gasteiger partial charge in [0.05, 0.1) is 10.6 Å². The SMILES string of the molecule is CC(=O)N1CCSc2cc(S(=O)(=O)Nc3ccc(Cl)cc3)ccc21. The number of halogens is 1. The lowest BCUT2D eigenvalue weighted by Crippen LogP contribution is -2.33. The zero-order valence-corrected chi connectivity index (χ0v) is 15.2. The summed E-state index contributed by atoms with van der Waals surface area (Å²) in [6, 6.07) is 11.2. The first-order valence-electron chi connectivity index (χ1n) is 7.20. The minimum Gasteiger partial charge on any atom is -0.311 e. The molecule has 1 amide bonds. The fourth-order valence-electron chi connectivity index (χ4n) is 2.43. The molecule has 0 unspecified atom stereocenters. The molecule has 0 aliphatic carbocycles. The number of nitrogens with one attached hydrogen (secondary N) is 1. The Hall–Kier alpha value is -1.70. The van der Waals surface area contributed by atoms with E-state index in [0.29, 0.717) is 17.3 Å². The number of hydrogen-bond donors (Lipinski definition) is 1. The van der Waals surface area contributed by atoms with Gasteiger partial charge in [-0.15, -0.1) is 11.8 Å². The molecular formula is C16H15ClN2O3S2. The number of amides is 1. The molecule has 0 fully saturated rings. The van der Waals surface area contributed by atoms with Crippen LogP contribution in [0, 0.1) is 0 Å². The van der Waals surface area contributed by atoms with Crippen LogP contribution in [0.2, 0.25) is 5.02 Å². The molecule has 1 aliphatic rings. The van der Waals surface area contributed by atoms with Gasteiger partial charge in [-0.05, 0) is 42.5 Å². The lowest BCUT2D eigenvalue weighted by Gasteiger charge is -2.28. The lowest BCUT2D eigenvalue weighted by atomic mass is 10.2. The number of rotatable bonds is 3. The second-order valence-electron chi connectivity index (χ2n) is 5.26. The zero-order valence-electron chi connectivity index (χ0n) is 12.8. The Morgan fingerprint density at radius 1 is 1.21 bits per heavy atom. The third kappa shape index (κ3) is 3.53. The molecule has 2 aromatic carbocycles. The van der Waals surface area contributed by atoms with E-state index in [2.05, 4.69) is 4.72 Å². The summed E-state index contributed by atoms with van der Waals surface area (Å²) in [5.41, 5.74) is 1.19. The summed E-state index contributed by atoms with van der Waals surface area (Å²) >= 11 is 7.35. The monoisotopic (exact) mass is 382 g/mol. The highest BCUT2D eigenvalue weighted by Gasteiger charge is 2.23. The summed E-state index contributed by atoms with van der Waals surface area (Å²) in [4.78, 5) is 14.3. The van der Waals surface area contributed by atoms with Gasteiger partial charge in [-0.3, -0.25) is 9.52 Å². The Bertz CT molecular complexity index is 883. The van der Waals surface area contributed by atoms with Crippen LogP contribution in [0.15, 0.2) is 52.3 Å². The van der Waals surface area contributed by atoms with Crippen LogP contribution in [0.1, 0.15) is 6.92 Å². The van der Waals surface area contributed by atoms with Crippen LogP contribution in [0.3, 0.4) is 0 Å². The van der Waals surface area contributed by atoms with E-state index in [-0.39, 0.29) is 10.8 Å². The highest BCUT2D eigenvalue weighted by molar-refractivity contribution is 7.99. The second-order valence-corrected chi connectivity index (χ2v) is 8.52. The Labute approximate surface area is 150 Å². The van der Waals surface area contributed by atoms with Crippen LogP contribution >= 0.6 is 23.4 Å². The third-order valence-corrected chi connectivity index (χ3v) is 6.24. The van der Waals surface area contributed by atoms with E-state index in [1.165, 1.54) is 13.0 Å². The minimum atomic E-state index is -3.71. The average molecular weight is 383 g/mol. The van der Waals surface area contributed by atoms with Crippen LogP contribution < -0.4 is 9.62 Å². The molecule has 0 atom stereocenters. The average Bonchev–Trinajstić information content (AvgIpc) is 2.55. The zero-order chi connectivity index (χ0) is 17.3. The number of carbonyl (C=O) groups excluding carboxylic acids is 1. The summed E-state index contributed by atoms with van der Waals surface area (Å²) < 4.78 is 27.6. The van der Waals surface area contributed by atoms with Gasteiger partial charge < -0.3 is 4.90 Å². The first kappa shape index (κ1) is 17.1. The maximum absolute atomic E-state index is 12.6. The first-order chi connectivity index (χ1) is 11.4. The molecular weight excluding hydrogens is 368 g/mol. The van der Waals surface area contributed by atoms with Gasteiger partial charge in [-0.2, -0.15) is 0 Å². The van der Waals surface area contributed by atoms with Crippen molar-refractivity contribution in [1.29, 1.82) is 0 Å². The number of nitrogens with zero attached hydrogens (tertiary/aromatic N) is 1. The van der Waals surface area contributed by atoms with Crippen molar-refractivity contribution < 1.29 is 13.2 Å². The summed E-state index contributed by atoms with van der Waals surface area (Å²) in [6.07, 6.45) is 0. The quantitative estimate of drug-likeness (QED) is 0.880. The van der Waals surface area contributed by atoms with Crippen LogP contribution in [-0.4, -0.2) is 26.6 Å². The van der Waals surface area contributed by atoms with Gasteiger partial charge in [0.25, 0.3) is 10.0 Å². The van der Waals surface area contributed by atoms with Crippen molar-refractivity contribution in [2.75, 3.05) is 21.9 Å². The number of sulfonamides is 1. The summed E-state index contributed by atoms with van der Waals surface area (Å²) in [7, 11) is -3.71. The molecule has 0 radical (unpaired) electrons. The number of carbonyl (C=O) groups is 1. The van der Waals surface area contributed by atoms with Crippen LogP contribution in [0.4, 0.5) is 11.4 Å². The van der Waals surface area contributed by atoms with Crippen molar-refractivity contribution in [2.24, 2.45) is 0 Å². The first-order valence-corrected chi connectivity index (χ1v) is 10.0. The molecule has 0 aromatic heterocycles. The largest absolute Gasteiger partial charge is 0.311 e. The van der Waals surface area contributed by atoms with E-state index >= 15 is 0 Å². The van der Waals surface area contributed by atoms with Crippen LogP contribution in [0.5, 0.6) is 0 Å². The van der Waals surface area contributed by atoms with E-state index in [4.69, 9.17) is 11.6 Å². The molecule has 1 N–H and O–H groups in total. The van der Waals surface area contributed by atoms with Gasteiger partial charge in [0.2, 0.25) is 5.91 Å². The Morgan fingerprint density at radius 3 is 2.58 bits per heavy atom. The van der Waals surface area contributed by atoms with Crippen molar-refractivity contribution in [3.63, 3.8) is 0 Å². The molecule has 24 heavy (non-hydrogen) atoms. The molecule has 8 heteroatoms. The van der Waals surface area contributed by atoms with E-state index in [0.717, 1.165) is 16.3 Å². The van der Waals surface area contributed by atoms with Crippen LogP contribution in [-0.2, 0) is 14.8 Å². The van der Waals surface area contributed by atoms with Gasteiger partial charge in [0.1, 0.15) is 0 Å². The summed E-state index contributed by atoms with van der Waals surface area (Å²) in [5, 5.41) is 0.535. The van der Waals surface area contributed by atoms with Gasteiger partial charge in [0.15, 0.2) is 0 Å². The van der Waals surface area contributed by atoms with E-state index in [1.807, 2.05) is 0 Å². The topological polar surface area (TPSA) is 66.5 Å². The van der Waals surface area contributed by atoms with E-state index in [1.54, 1.807) is 53.1 Å². The van der Waals surface area contributed by atoms with Gasteiger partial charge in [0, 0.05) is 34.8 Å². The maximum atomic E-state index is 12.6. The van der Waals surface area contributed by atoms with Crippen molar-refractivity contribution >= 4 is 50.7 Å². The van der Waals surface area contributed by atoms with Crippen molar-refractivity contribution in [2.45, 2.75) is 16.7 Å². The molecule has 0 bridgehead atoms. The summed E-state index contributed by atoms with van der Waals surface area (Å²) in [5.74, 6) is 0.687. The molecule has 0 saturated carbocycles. The highest BCUT2D eigenvalue weighted by atomic mass is 35.5. The summed E-state index contributed by atoms with van der Waals surface area (Å²) in [6.45, 7) is 2.13. The predicted octanol–water partition coefficient (Wildman–Crippen LogP) is 3.60. The normalized spacial score (nSPS) is 14.2. The Morgan fingerprint density at radius 2 is 1.92 bits per heavy atom. The smallest absolute Gasteiger partial charge is 0.261 e. The fraction of sp³-hybridized carbons (Fsp3) is 0.188. The molecule has 5 nitrogen and oxygen atoms in total. The molecule has 1 heterocycles. The molecule has 126 valence electrons. The molecule has 0 saturated heterocycles.